The van der Waals surface area contributed by atoms with Gasteiger partial charge in [-0.2, -0.15) is 0 Å². The Morgan fingerprint density at radius 1 is 0.923 bits per heavy atom. The number of hydrogen-bond acceptors (Lipinski definition) is 4. The molecule has 0 bridgehead atoms. The number of amides is 2. The van der Waals surface area contributed by atoms with Crippen molar-refractivity contribution in [2.24, 2.45) is 0 Å². The van der Waals surface area contributed by atoms with Gasteiger partial charge in [-0.05, 0) is 61.2 Å². The zero-order valence-electron chi connectivity index (χ0n) is 22.2. The Morgan fingerprint density at radius 2 is 1.59 bits per heavy atom. The van der Waals surface area contributed by atoms with Crippen LogP contribution in [0.2, 0.25) is 10.0 Å². The lowest BCUT2D eigenvalue weighted by molar-refractivity contribution is -0.140. The average molecular weight is 591 g/mol. The summed E-state index contributed by atoms with van der Waals surface area (Å²) in [5.74, 6) is -0.810. The summed E-state index contributed by atoms with van der Waals surface area (Å²) < 4.78 is 28.6. The van der Waals surface area contributed by atoms with Crippen molar-refractivity contribution >= 4 is 50.7 Å². The summed E-state index contributed by atoms with van der Waals surface area (Å²) >= 11 is 12.3. The zero-order valence-corrected chi connectivity index (χ0v) is 24.6. The number of sulfonamides is 1. The first-order valence-electron chi connectivity index (χ1n) is 12.7. The van der Waals surface area contributed by atoms with Crippen LogP contribution in [0, 0.1) is 6.92 Å². The Labute approximate surface area is 240 Å². The van der Waals surface area contributed by atoms with Gasteiger partial charge < -0.3 is 10.2 Å². The van der Waals surface area contributed by atoms with Crippen LogP contribution in [0.15, 0.2) is 77.7 Å². The van der Waals surface area contributed by atoms with Gasteiger partial charge in [0.15, 0.2) is 0 Å². The van der Waals surface area contributed by atoms with Crippen molar-refractivity contribution in [1.29, 1.82) is 0 Å². The molecule has 0 heterocycles. The molecule has 1 N–H and O–H groups in total. The second kappa shape index (κ2) is 13.8. The van der Waals surface area contributed by atoms with Crippen LogP contribution in [-0.2, 0) is 26.2 Å². The second-order valence-corrected chi connectivity index (χ2v) is 11.8. The van der Waals surface area contributed by atoms with Gasteiger partial charge in [0.05, 0.1) is 20.6 Å². The second-order valence-electron chi connectivity index (χ2n) is 9.09. The molecule has 1 unspecified atom stereocenters. The van der Waals surface area contributed by atoms with Crippen LogP contribution in [0.25, 0.3) is 0 Å². The lowest BCUT2D eigenvalue weighted by Crippen LogP contribution is -2.52. The molecule has 0 aliphatic carbocycles. The van der Waals surface area contributed by atoms with E-state index in [1.807, 2.05) is 45.0 Å². The predicted molar refractivity (Wildman–Crippen MR) is 157 cm³/mol. The van der Waals surface area contributed by atoms with E-state index in [1.54, 1.807) is 18.2 Å². The Kier molecular flexibility index (Phi) is 10.8. The molecule has 0 saturated heterocycles. The fraction of sp³-hybridized carbons (Fsp3) is 0.310. The van der Waals surface area contributed by atoms with Crippen molar-refractivity contribution in [3.05, 3.63) is 94.0 Å². The van der Waals surface area contributed by atoms with Crippen molar-refractivity contribution in [1.82, 2.24) is 10.2 Å². The molecule has 2 amide bonds. The summed E-state index contributed by atoms with van der Waals surface area (Å²) in [4.78, 5) is 28.6. The van der Waals surface area contributed by atoms with Crippen molar-refractivity contribution in [3.8, 4) is 0 Å². The van der Waals surface area contributed by atoms with Crippen LogP contribution in [0.4, 0.5) is 5.69 Å². The number of nitrogens with zero attached hydrogens (tertiary/aromatic N) is 2. The lowest BCUT2D eigenvalue weighted by Gasteiger charge is -2.33. The maximum atomic E-state index is 14.0. The molecule has 10 heteroatoms. The highest BCUT2D eigenvalue weighted by Crippen LogP contribution is 2.31. The normalized spacial score (nSPS) is 12.0. The number of nitrogens with one attached hydrogen (secondary N) is 1. The molecule has 3 aromatic carbocycles. The van der Waals surface area contributed by atoms with Gasteiger partial charge >= 0.3 is 0 Å². The molecule has 0 aromatic heterocycles. The Morgan fingerprint density at radius 3 is 2.21 bits per heavy atom. The molecule has 0 spiro atoms. The number of halogens is 2. The number of anilines is 1. The first-order valence-corrected chi connectivity index (χ1v) is 14.9. The maximum absolute atomic E-state index is 14.0. The minimum Gasteiger partial charge on any atom is -0.354 e. The molecule has 0 radical (unpaired) electrons. The maximum Gasteiger partial charge on any atom is 0.264 e. The van der Waals surface area contributed by atoms with E-state index in [0.29, 0.717) is 13.0 Å². The highest BCUT2D eigenvalue weighted by Gasteiger charge is 2.34. The number of benzene rings is 3. The zero-order chi connectivity index (χ0) is 28.6. The number of hydrogen-bond donors (Lipinski definition) is 1. The highest BCUT2D eigenvalue weighted by molar-refractivity contribution is 7.92. The molecule has 0 aliphatic heterocycles. The van der Waals surface area contributed by atoms with Crippen molar-refractivity contribution in [2.75, 3.05) is 17.4 Å². The molecule has 0 aliphatic rings. The van der Waals surface area contributed by atoms with Gasteiger partial charge in [0, 0.05) is 13.1 Å². The SMILES string of the molecule is CCCNC(=O)C(CC)N(Cc1ccccc1C)C(=O)CN(c1ccc(Cl)c(Cl)c1)S(=O)(=O)c1ccccc1. The van der Waals surface area contributed by atoms with Gasteiger partial charge in [-0.15, -0.1) is 0 Å². The van der Waals surface area contributed by atoms with Gasteiger partial charge in [-0.3, -0.25) is 13.9 Å². The first-order chi connectivity index (χ1) is 18.6. The number of carbonyl (C=O) groups is 2. The van der Waals surface area contributed by atoms with Crippen LogP contribution in [0.5, 0.6) is 0 Å². The van der Waals surface area contributed by atoms with Crippen molar-refractivity contribution in [2.45, 2.75) is 51.1 Å². The molecule has 208 valence electrons. The van der Waals surface area contributed by atoms with E-state index >= 15 is 0 Å². The van der Waals surface area contributed by atoms with E-state index in [2.05, 4.69) is 5.32 Å². The fourth-order valence-corrected chi connectivity index (χ4v) is 5.86. The van der Waals surface area contributed by atoms with Gasteiger partial charge in [0.1, 0.15) is 12.6 Å². The summed E-state index contributed by atoms with van der Waals surface area (Å²) in [6, 6.07) is 19.0. The third kappa shape index (κ3) is 7.53. The van der Waals surface area contributed by atoms with Gasteiger partial charge in [-0.25, -0.2) is 8.42 Å². The summed E-state index contributed by atoms with van der Waals surface area (Å²) in [6.45, 7) is 5.77. The van der Waals surface area contributed by atoms with E-state index in [4.69, 9.17) is 23.2 Å². The third-order valence-corrected chi connectivity index (χ3v) is 8.87. The minimum atomic E-state index is -4.18. The molecular weight excluding hydrogens is 557 g/mol. The summed E-state index contributed by atoms with van der Waals surface area (Å²) in [7, 11) is -4.18. The smallest absolute Gasteiger partial charge is 0.264 e. The largest absolute Gasteiger partial charge is 0.354 e. The molecule has 0 fully saturated rings. The highest BCUT2D eigenvalue weighted by atomic mass is 35.5. The minimum absolute atomic E-state index is 0.0158. The van der Waals surface area contributed by atoms with Crippen LogP contribution < -0.4 is 9.62 Å². The summed E-state index contributed by atoms with van der Waals surface area (Å²) in [5.41, 5.74) is 2.00. The molecule has 3 aromatic rings. The van der Waals surface area contributed by atoms with Gasteiger partial charge in [-0.1, -0.05) is 79.5 Å². The van der Waals surface area contributed by atoms with Crippen molar-refractivity contribution in [3.63, 3.8) is 0 Å². The molecule has 7 nitrogen and oxygen atoms in total. The number of carbonyl (C=O) groups excluding carboxylic acids is 2. The molecule has 39 heavy (non-hydrogen) atoms. The number of aryl methyl sites for hydroxylation is 1. The topological polar surface area (TPSA) is 86.8 Å². The van der Waals surface area contributed by atoms with Gasteiger partial charge in [0.25, 0.3) is 10.0 Å². The third-order valence-electron chi connectivity index (χ3n) is 6.34. The predicted octanol–water partition coefficient (Wildman–Crippen LogP) is 5.83. The van der Waals surface area contributed by atoms with E-state index in [1.165, 1.54) is 35.2 Å². The average Bonchev–Trinajstić information content (AvgIpc) is 2.93. The molecule has 3 rings (SSSR count). The van der Waals surface area contributed by atoms with E-state index in [0.717, 1.165) is 21.9 Å². The molecule has 1 atom stereocenters. The molecule has 0 saturated carbocycles. The first kappa shape index (κ1) is 30.5. The summed E-state index contributed by atoms with van der Waals surface area (Å²) in [5, 5.41) is 3.28. The lowest BCUT2D eigenvalue weighted by atomic mass is 10.1. The van der Waals surface area contributed by atoms with Gasteiger partial charge in [0.2, 0.25) is 11.8 Å². The summed E-state index contributed by atoms with van der Waals surface area (Å²) in [6.07, 6.45) is 1.10. The standard InChI is InChI=1S/C29H33Cl2N3O4S/c1-4-17-32-29(36)27(5-2)33(19-22-12-10-9-11-21(22)3)28(35)20-34(23-15-16-25(30)26(31)18-23)39(37,38)24-13-7-6-8-14-24/h6-16,18,27H,4-5,17,19-20H2,1-3H3,(H,32,36). The van der Waals surface area contributed by atoms with Crippen LogP contribution in [-0.4, -0.2) is 44.3 Å². The van der Waals surface area contributed by atoms with E-state index in [9.17, 15) is 18.0 Å². The van der Waals surface area contributed by atoms with E-state index in [-0.39, 0.29) is 33.1 Å². The monoisotopic (exact) mass is 589 g/mol. The molecular formula is C29H33Cl2N3O4S. The Bertz CT molecular complexity index is 1400. The van der Waals surface area contributed by atoms with Crippen LogP contribution in [0.3, 0.4) is 0 Å². The van der Waals surface area contributed by atoms with Crippen LogP contribution >= 0.6 is 23.2 Å². The Balaban J connectivity index is 2.07. The van der Waals surface area contributed by atoms with Crippen molar-refractivity contribution < 1.29 is 18.0 Å². The van der Waals surface area contributed by atoms with Crippen LogP contribution in [0.1, 0.15) is 37.8 Å². The Hall–Kier alpha value is -3.07. The quantitative estimate of drug-likeness (QED) is 0.288. The fourth-order valence-electron chi connectivity index (χ4n) is 4.15. The number of rotatable bonds is 12. The van der Waals surface area contributed by atoms with E-state index < -0.39 is 28.5 Å².